The molecule has 0 amide bonds. The van der Waals surface area contributed by atoms with Gasteiger partial charge in [0.05, 0.1) is 12.3 Å². The van der Waals surface area contributed by atoms with Crippen LogP contribution in [-0.4, -0.2) is 11.8 Å². The van der Waals surface area contributed by atoms with Crippen molar-refractivity contribution in [2.45, 2.75) is 27.2 Å². The molecule has 0 aliphatic heterocycles. The van der Waals surface area contributed by atoms with Crippen LogP contribution in [0.4, 0.5) is 5.88 Å². The van der Waals surface area contributed by atoms with Crippen LogP contribution in [-0.2, 0) is 6.42 Å². The number of nitrogens with two attached hydrogens (primary N) is 1. The maximum absolute atomic E-state index is 5.76. The highest BCUT2D eigenvalue weighted by atomic mass is 16.5. The third-order valence-corrected chi connectivity index (χ3v) is 2.98. The average molecular weight is 246 g/mol. The minimum atomic E-state index is 0.340. The van der Waals surface area contributed by atoms with Gasteiger partial charge in [-0.05, 0) is 43.5 Å². The Labute approximate surface area is 107 Å². The summed E-state index contributed by atoms with van der Waals surface area (Å²) in [5.41, 5.74) is 9.94. The molecule has 0 saturated heterocycles. The second-order valence-corrected chi connectivity index (χ2v) is 4.52. The third-order valence-electron chi connectivity index (χ3n) is 2.98. The molecule has 4 nitrogen and oxygen atoms in total. The number of ether oxygens (including phenoxy) is 1. The van der Waals surface area contributed by atoms with Crippen LogP contribution >= 0.6 is 0 Å². The zero-order valence-electron chi connectivity index (χ0n) is 11.0. The highest BCUT2D eigenvalue weighted by Gasteiger charge is 2.05. The predicted octanol–water partition coefficient (Wildman–Crippen LogP) is 2.80. The summed E-state index contributed by atoms with van der Waals surface area (Å²) in [6, 6.07) is 5.93. The predicted molar refractivity (Wildman–Crippen MR) is 70.8 cm³/mol. The Morgan fingerprint density at radius 3 is 2.50 bits per heavy atom. The molecule has 0 atom stereocenters. The topological polar surface area (TPSA) is 61.3 Å². The van der Waals surface area contributed by atoms with E-state index in [2.05, 4.69) is 38.1 Å². The largest absolute Gasteiger partial charge is 0.493 e. The lowest BCUT2D eigenvalue weighted by Gasteiger charge is -2.11. The lowest BCUT2D eigenvalue weighted by Crippen LogP contribution is -2.03. The van der Waals surface area contributed by atoms with E-state index in [9.17, 15) is 0 Å². The van der Waals surface area contributed by atoms with Gasteiger partial charge in [0, 0.05) is 12.5 Å². The second kappa shape index (κ2) is 5.12. The summed E-state index contributed by atoms with van der Waals surface area (Å²) in [7, 11) is 0. The fourth-order valence-electron chi connectivity index (χ4n) is 1.80. The molecule has 1 aromatic carbocycles. The van der Waals surface area contributed by atoms with E-state index < -0.39 is 0 Å². The van der Waals surface area contributed by atoms with E-state index in [0.717, 1.165) is 17.0 Å². The minimum absolute atomic E-state index is 0.340. The van der Waals surface area contributed by atoms with E-state index in [0.29, 0.717) is 18.9 Å². The maximum atomic E-state index is 5.76. The zero-order chi connectivity index (χ0) is 13.1. The molecule has 2 rings (SSSR count). The number of nitrogen functional groups attached to an aromatic ring is 1. The molecule has 0 aliphatic rings. The first kappa shape index (κ1) is 12.5. The Kier molecular flexibility index (Phi) is 3.55. The van der Waals surface area contributed by atoms with Crippen molar-refractivity contribution in [3.05, 3.63) is 40.6 Å². The van der Waals surface area contributed by atoms with Crippen molar-refractivity contribution in [3.63, 3.8) is 0 Å². The minimum Gasteiger partial charge on any atom is -0.493 e. The smallest absolute Gasteiger partial charge is 0.222 e. The summed E-state index contributed by atoms with van der Waals surface area (Å²) in [5, 5.41) is 3.82. The van der Waals surface area contributed by atoms with E-state index in [-0.39, 0.29) is 0 Å². The van der Waals surface area contributed by atoms with Crippen LogP contribution in [0.3, 0.4) is 0 Å². The van der Waals surface area contributed by atoms with Gasteiger partial charge in [-0.1, -0.05) is 11.2 Å². The average Bonchev–Trinajstić information content (AvgIpc) is 2.71. The Morgan fingerprint density at radius 1 is 1.11 bits per heavy atom. The van der Waals surface area contributed by atoms with E-state index in [1.807, 2.05) is 0 Å². The molecule has 96 valence electrons. The molecule has 0 fully saturated rings. The maximum Gasteiger partial charge on any atom is 0.222 e. The Hall–Kier alpha value is -1.97. The molecule has 2 N–H and O–H groups in total. The number of aromatic nitrogens is 1. The molecule has 0 spiro atoms. The monoisotopic (exact) mass is 246 g/mol. The van der Waals surface area contributed by atoms with Crippen molar-refractivity contribution in [1.82, 2.24) is 5.16 Å². The first-order chi connectivity index (χ1) is 8.56. The zero-order valence-corrected chi connectivity index (χ0v) is 11.0. The molecule has 0 radical (unpaired) electrons. The molecule has 1 aromatic heterocycles. The lowest BCUT2D eigenvalue weighted by atomic mass is 10.1. The van der Waals surface area contributed by atoms with Crippen molar-refractivity contribution >= 4 is 5.88 Å². The third kappa shape index (κ3) is 2.83. The van der Waals surface area contributed by atoms with Gasteiger partial charge in [0.15, 0.2) is 0 Å². The van der Waals surface area contributed by atoms with Crippen LogP contribution in [0, 0.1) is 20.8 Å². The van der Waals surface area contributed by atoms with Gasteiger partial charge in [0.25, 0.3) is 0 Å². The molecular weight excluding hydrogens is 228 g/mol. The van der Waals surface area contributed by atoms with Gasteiger partial charge >= 0.3 is 0 Å². The Balaban J connectivity index is 1.96. The summed E-state index contributed by atoms with van der Waals surface area (Å²) in [5.74, 6) is 1.27. The van der Waals surface area contributed by atoms with E-state index in [1.165, 1.54) is 11.1 Å². The number of hydrogen-bond donors (Lipinski definition) is 1. The van der Waals surface area contributed by atoms with Gasteiger partial charge in [-0.15, -0.1) is 0 Å². The van der Waals surface area contributed by atoms with Crippen molar-refractivity contribution in [2.24, 2.45) is 0 Å². The molecule has 1 heterocycles. The molecule has 0 aliphatic carbocycles. The summed E-state index contributed by atoms with van der Waals surface area (Å²) >= 11 is 0. The van der Waals surface area contributed by atoms with E-state index in [1.54, 1.807) is 6.07 Å². The molecule has 2 aromatic rings. The Morgan fingerprint density at radius 2 is 1.83 bits per heavy atom. The number of anilines is 1. The Bertz CT molecular complexity index is 547. The molecule has 0 unspecified atom stereocenters. The lowest BCUT2D eigenvalue weighted by molar-refractivity contribution is 0.314. The van der Waals surface area contributed by atoms with Gasteiger partial charge in [-0.3, -0.25) is 0 Å². The SMILES string of the molecule is Cc1cc(C)c(OCCc2cc(N)on2)cc1C. The first-order valence-corrected chi connectivity index (χ1v) is 5.98. The summed E-state index contributed by atoms with van der Waals surface area (Å²) in [6.07, 6.45) is 0.688. The number of aryl methyl sites for hydroxylation is 3. The normalized spacial score (nSPS) is 10.6. The van der Waals surface area contributed by atoms with E-state index in [4.69, 9.17) is 15.0 Å². The summed E-state index contributed by atoms with van der Waals surface area (Å²) < 4.78 is 10.6. The van der Waals surface area contributed by atoms with Crippen molar-refractivity contribution in [1.29, 1.82) is 0 Å². The second-order valence-electron chi connectivity index (χ2n) is 4.52. The van der Waals surface area contributed by atoms with Gasteiger partial charge in [-0.2, -0.15) is 0 Å². The highest BCUT2D eigenvalue weighted by molar-refractivity contribution is 5.40. The van der Waals surface area contributed by atoms with Crippen LogP contribution in [0.1, 0.15) is 22.4 Å². The quantitative estimate of drug-likeness (QED) is 0.901. The fourth-order valence-corrected chi connectivity index (χ4v) is 1.80. The number of rotatable bonds is 4. The number of nitrogens with zero attached hydrogens (tertiary/aromatic N) is 1. The molecule has 0 bridgehead atoms. The van der Waals surface area contributed by atoms with Gasteiger partial charge in [0.2, 0.25) is 5.88 Å². The molecule has 18 heavy (non-hydrogen) atoms. The van der Waals surface area contributed by atoms with E-state index >= 15 is 0 Å². The van der Waals surface area contributed by atoms with Crippen molar-refractivity contribution in [3.8, 4) is 5.75 Å². The van der Waals surface area contributed by atoms with Gasteiger partial charge < -0.3 is 15.0 Å². The number of benzene rings is 1. The van der Waals surface area contributed by atoms with Crippen LogP contribution in [0.15, 0.2) is 22.7 Å². The standard InChI is InChI=1S/C14H18N2O2/c1-9-6-11(3)13(7-10(9)2)17-5-4-12-8-14(15)18-16-12/h6-8H,4-5,15H2,1-3H3. The first-order valence-electron chi connectivity index (χ1n) is 5.98. The van der Waals surface area contributed by atoms with Crippen molar-refractivity contribution in [2.75, 3.05) is 12.3 Å². The van der Waals surface area contributed by atoms with Crippen LogP contribution in [0.2, 0.25) is 0 Å². The van der Waals surface area contributed by atoms with Crippen LogP contribution < -0.4 is 10.5 Å². The van der Waals surface area contributed by atoms with Gasteiger partial charge in [-0.25, -0.2) is 0 Å². The number of hydrogen-bond acceptors (Lipinski definition) is 4. The molecule has 0 saturated carbocycles. The van der Waals surface area contributed by atoms with Crippen LogP contribution in [0.5, 0.6) is 5.75 Å². The molecular formula is C14H18N2O2. The summed E-state index contributed by atoms with van der Waals surface area (Å²) in [4.78, 5) is 0. The van der Waals surface area contributed by atoms with Crippen molar-refractivity contribution < 1.29 is 9.26 Å². The highest BCUT2D eigenvalue weighted by Crippen LogP contribution is 2.22. The summed E-state index contributed by atoms with van der Waals surface area (Å²) in [6.45, 7) is 6.80. The van der Waals surface area contributed by atoms with Gasteiger partial charge in [0.1, 0.15) is 5.75 Å². The fraction of sp³-hybridized carbons (Fsp3) is 0.357. The van der Waals surface area contributed by atoms with Crippen LogP contribution in [0.25, 0.3) is 0 Å². The molecule has 4 heteroatoms.